The smallest absolute Gasteiger partial charge is 0.0900 e. The van der Waals surface area contributed by atoms with Gasteiger partial charge in [0.1, 0.15) is 0 Å². The van der Waals surface area contributed by atoms with E-state index in [2.05, 4.69) is 0 Å². The van der Waals surface area contributed by atoms with Crippen molar-refractivity contribution in [2.45, 2.75) is 45.9 Å². The quantitative estimate of drug-likeness (QED) is 0.623. The third kappa shape index (κ3) is 7.73. The molecule has 4 heteroatoms. The zero-order valence-corrected chi connectivity index (χ0v) is 10.3. The van der Waals surface area contributed by atoms with Crippen molar-refractivity contribution >= 4 is 0 Å². The zero-order valence-electron chi connectivity index (χ0n) is 10.3. The Morgan fingerprint density at radius 3 is 2.20 bits per heavy atom. The zero-order chi connectivity index (χ0) is 11.8. The molecule has 0 fully saturated rings. The van der Waals surface area contributed by atoms with Gasteiger partial charge in [-0.3, -0.25) is 4.90 Å². The molecule has 0 aliphatic heterocycles. The van der Waals surface area contributed by atoms with Crippen LogP contribution >= 0.6 is 0 Å². The summed E-state index contributed by atoms with van der Waals surface area (Å²) in [5.41, 5.74) is 0. The maximum atomic E-state index is 9.70. The summed E-state index contributed by atoms with van der Waals surface area (Å²) >= 11 is 0. The second-order valence-corrected chi connectivity index (χ2v) is 4.35. The van der Waals surface area contributed by atoms with Crippen molar-refractivity contribution in [3.8, 4) is 0 Å². The van der Waals surface area contributed by atoms with Gasteiger partial charge in [-0.15, -0.1) is 0 Å². The lowest BCUT2D eigenvalue weighted by atomic mass is 10.2. The average Bonchev–Trinajstić information content (AvgIpc) is 2.14. The van der Waals surface area contributed by atoms with E-state index in [1.54, 1.807) is 0 Å². The van der Waals surface area contributed by atoms with Crippen LogP contribution in [0.2, 0.25) is 0 Å². The van der Waals surface area contributed by atoms with Gasteiger partial charge >= 0.3 is 0 Å². The Morgan fingerprint density at radius 2 is 1.80 bits per heavy atom. The van der Waals surface area contributed by atoms with Crippen LogP contribution in [0.25, 0.3) is 0 Å². The molecule has 92 valence electrons. The van der Waals surface area contributed by atoms with Crippen molar-refractivity contribution in [2.24, 2.45) is 0 Å². The Bertz CT molecular complexity index is 151. The van der Waals surface area contributed by atoms with Gasteiger partial charge in [-0.25, -0.2) is 0 Å². The fourth-order valence-corrected chi connectivity index (χ4v) is 1.32. The van der Waals surface area contributed by atoms with Gasteiger partial charge < -0.3 is 14.9 Å². The lowest BCUT2D eigenvalue weighted by Crippen LogP contribution is -2.41. The first-order valence-corrected chi connectivity index (χ1v) is 5.62. The topological polar surface area (TPSA) is 52.9 Å². The van der Waals surface area contributed by atoms with Crippen LogP contribution in [0.1, 0.15) is 27.7 Å². The predicted molar refractivity (Wildman–Crippen MR) is 60.9 cm³/mol. The van der Waals surface area contributed by atoms with Crippen LogP contribution in [0.5, 0.6) is 0 Å². The second kappa shape index (κ2) is 8.05. The Labute approximate surface area is 92.9 Å². The third-order valence-corrected chi connectivity index (χ3v) is 2.18. The van der Waals surface area contributed by atoms with E-state index in [1.807, 2.05) is 32.6 Å². The van der Waals surface area contributed by atoms with Gasteiger partial charge in [-0.1, -0.05) is 0 Å². The maximum absolute atomic E-state index is 9.70. The molecular weight excluding hydrogens is 194 g/mol. The van der Waals surface area contributed by atoms with Crippen LogP contribution < -0.4 is 0 Å². The molecule has 0 aromatic rings. The van der Waals surface area contributed by atoms with Crippen molar-refractivity contribution in [1.82, 2.24) is 4.90 Å². The van der Waals surface area contributed by atoms with Gasteiger partial charge in [0, 0.05) is 19.1 Å². The van der Waals surface area contributed by atoms with Crippen LogP contribution in [-0.4, -0.2) is 59.7 Å². The highest BCUT2D eigenvalue weighted by Gasteiger charge is 2.14. The fraction of sp³-hybridized carbons (Fsp3) is 1.00. The average molecular weight is 219 g/mol. The van der Waals surface area contributed by atoms with Crippen molar-refractivity contribution in [3.05, 3.63) is 0 Å². The van der Waals surface area contributed by atoms with Crippen molar-refractivity contribution in [3.63, 3.8) is 0 Å². The molecule has 0 rings (SSSR count). The number of aliphatic hydroxyl groups is 2. The lowest BCUT2D eigenvalue weighted by molar-refractivity contribution is -0.0142. The fourth-order valence-electron chi connectivity index (χ4n) is 1.32. The van der Waals surface area contributed by atoms with Gasteiger partial charge in [-0.05, 0) is 27.7 Å². The standard InChI is InChI=1S/C11H25NO3/c1-9(2)12(5-6-13)7-11(14)8-15-10(3)4/h9-11,13-14H,5-8H2,1-4H3/t11-/m1/s1. The number of aliphatic hydroxyl groups excluding tert-OH is 2. The molecule has 0 aromatic heterocycles. The first-order chi connectivity index (χ1) is 6.97. The number of hydrogen-bond donors (Lipinski definition) is 2. The molecule has 0 amide bonds. The first kappa shape index (κ1) is 14.8. The van der Waals surface area contributed by atoms with Gasteiger partial charge in [0.2, 0.25) is 0 Å². The molecular formula is C11H25NO3. The van der Waals surface area contributed by atoms with Crippen LogP contribution in [0.15, 0.2) is 0 Å². The van der Waals surface area contributed by atoms with E-state index >= 15 is 0 Å². The van der Waals surface area contributed by atoms with E-state index in [4.69, 9.17) is 9.84 Å². The van der Waals surface area contributed by atoms with Crippen LogP contribution in [0.3, 0.4) is 0 Å². The van der Waals surface area contributed by atoms with Crippen LogP contribution in [-0.2, 0) is 4.74 Å². The molecule has 0 unspecified atom stereocenters. The normalized spacial score (nSPS) is 14.2. The highest BCUT2D eigenvalue weighted by Crippen LogP contribution is 2.01. The van der Waals surface area contributed by atoms with Crippen molar-refractivity contribution in [2.75, 3.05) is 26.3 Å². The molecule has 0 bridgehead atoms. The Morgan fingerprint density at radius 1 is 1.20 bits per heavy atom. The molecule has 2 N–H and O–H groups in total. The first-order valence-electron chi connectivity index (χ1n) is 5.62. The van der Waals surface area contributed by atoms with E-state index in [-0.39, 0.29) is 12.7 Å². The van der Waals surface area contributed by atoms with Gasteiger partial charge in [-0.2, -0.15) is 0 Å². The number of hydrogen-bond acceptors (Lipinski definition) is 4. The Hall–Kier alpha value is -0.160. The molecule has 0 saturated heterocycles. The second-order valence-electron chi connectivity index (χ2n) is 4.35. The van der Waals surface area contributed by atoms with E-state index in [0.717, 1.165) is 0 Å². The molecule has 0 radical (unpaired) electrons. The summed E-state index contributed by atoms with van der Waals surface area (Å²) in [7, 11) is 0. The maximum Gasteiger partial charge on any atom is 0.0900 e. The summed E-state index contributed by atoms with van der Waals surface area (Å²) in [6.07, 6.45) is -0.341. The minimum absolute atomic E-state index is 0.121. The highest BCUT2D eigenvalue weighted by molar-refractivity contribution is 4.67. The van der Waals surface area contributed by atoms with Gasteiger partial charge in [0.05, 0.1) is 25.4 Å². The largest absolute Gasteiger partial charge is 0.395 e. The van der Waals surface area contributed by atoms with Crippen LogP contribution in [0, 0.1) is 0 Å². The van der Waals surface area contributed by atoms with Gasteiger partial charge in [0.25, 0.3) is 0 Å². The predicted octanol–water partition coefficient (Wildman–Crippen LogP) is 0.475. The van der Waals surface area contributed by atoms with Gasteiger partial charge in [0.15, 0.2) is 0 Å². The summed E-state index contributed by atoms with van der Waals surface area (Å²) in [6.45, 7) is 9.60. The molecule has 4 nitrogen and oxygen atoms in total. The summed E-state index contributed by atoms with van der Waals surface area (Å²) in [4.78, 5) is 2.04. The molecule has 15 heavy (non-hydrogen) atoms. The Balaban J connectivity index is 3.83. The SMILES string of the molecule is CC(C)OC[C@H](O)CN(CCO)C(C)C. The van der Waals surface area contributed by atoms with E-state index in [0.29, 0.717) is 25.7 Å². The third-order valence-electron chi connectivity index (χ3n) is 2.18. The monoisotopic (exact) mass is 219 g/mol. The highest BCUT2D eigenvalue weighted by atomic mass is 16.5. The molecule has 0 aliphatic carbocycles. The minimum Gasteiger partial charge on any atom is -0.395 e. The van der Waals surface area contributed by atoms with E-state index < -0.39 is 6.10 Å². The number of rotatable bonds is 8. The molecule has 1 atom stereocenters. The molecule has 0 aliphatic rings. The lowest BCUT2D eigenvalue weighted by Gasteiger charge is -2.28. The van der Waals surface area contributed by atoms with Crippen molar-refractivity contribution < 1.29 is 14.9 Å². The summed E-state index contributed by atoms with van der Waals surface area (Å²) in [5, 5.41) is 18.6. The molecule has 0 spiro atoms. The molecule has 0 saturated carbocycles. The van der Waals surface area contributed by atoms with Crippen molar-refractivity contribution in [1.29, 1.82) is 0 Å². The summed E-state index contributed by atoms with van der Waals surface area (Å²) in [5.74, 6) is 0. The number of nitrogens with zero attached hydrogens (tertiary/aromatic N) is 1. The summed E-state index contributed by atoms with van der Waals surface area (Å²) < 4.78 is 5.32. The Kier molecular flexibility index (Phi) is 7.96. The molecule has 0 aromatic carbocycles. The minimum atomic E-state index is -0.485. The van der Waals surface area contributed by atoms with Crippen LogP contribution in [0.4, 0.5) is 0 Å². The summed E-state index contributed by atoms with van der Waals surface area (Å²) in [6, 6.07) is 0.325. The van der Waals surface area contributed by atoms with E-state index in [1.165, 1.54) is 0 Å². The van der Waals surface area contributed by atoms with E-state index in [9.17, 15) is 5.11 Å². The molecule has 0 heterocycles. The number of ether oxygens (including phenoxy) is 1.